The number of carbonyl (C=O) groups is 2. The summed E-state index contributed by atoms with van der Waals surface area (Å²) in [6, 6.07) is 1.61. The van der Waals surface area contributed by atoms with E-state index in [9.17, 15) is 27.2 Å². The number of aromatic nitrogens is 1. The SMILES string of the molecule is CC1([C@H](c2cnc(C(F)(F)F)c(Cl)c2)c2ccc(F)c(Cl)c2F)C(=O)NCCN1C(N)=O. The molecule has 0 spiro atoms. The van der Waals surface area contributed by atoms with Crippen LogP contribution in [0.4, 0.5) is 26.7 Å². The number of halogens is 7. The molecule has 13 heteroatoms. The van der Waals surface area contributed by atoms with Crippen molar-refractivity contribution in [3.05, 3.63) is 62.9 Å². The van der Waals surface area contributed by atoms with Gasteiger partial charge < -0.3 is 16.0 Å². The zero-order valence-corrected chi connectivity index (χ0v) is 17.7. The molecule has 2 aromatic rings. The molecule has 3 amide bonds. The Hall–Kier alpha value is -2.66. The quantitative estimate of drug-likeness (QED) is 0.495. The first-order chi connectivity index (χ1) is 14.8. The van der Waals surface area contributed by atoms with Crippen molar-refractivity contribution in [3.8, 4) is 0 Å². The summed E-state index contributed by atoms with van der Waals surface area (Å²) in [5, 5.41) is 0.802. The van der Waals surface area contributed by atoms with Crippen molar-refractivity contribution >= 4 is 35.1 Å². The van der Waals surface area contributed by atoms with Crippen LogP contribution in [0.3, 0.4) is 0 Å². The first-order valence-corrected chi connectivity index (χ1v) is 9.77. The van der Waals surface area contributed by atoms with Crippen LogP contribution in [0.5, 0.6) is 0 Å². The van der Waals surface area contributed by atoms with Gasteiger partial charge in [0.1, 0.15) is 22.2 Å². The number of pyridine rings is 1. The molecule has 0 bridgehead atoms. The molecular weight excluding hydrogens is 482 g/mol. The highest BCUT2D eigenvalue weighted by Crippen LogP contribution is 2.44. The first-order valence-electron chi connectivity index (χ1n) is 9.01. The van der Waals surface area contributed by atoms with E-state index < -0.39 is 56.9 Å². The van der Waals surface area contributed by atoms with Crippen LogP contribution in [-0.2, 0) is 11.0 Å². The van der Waals surface area contributed by atoms with E-state index in [1.807, 2.05) is 0 Å². The first kappa shape index (κ1) is 24.0. The Morgan fingerprint density at radius 2 is 1.97 bits per heavy atom. The maximum atomic E-state index is 15.1. The number of benzene rings is 1. The molecule has 32 heavy (non-hydrogen) atoms. The zero-order valence-electron chi connectivity index (χ0n) is 16.2. The van der Waals surface area contributed by atoms with Crippen LogP contribution in [0.15, 0.2) is 24.4 Å². The van der Waals surface area contributed by atoms with Crippen LogP contribution in [-0.4, -0.2) is 40.5 Å². The van der Waals surface area contributed by atoms with Gasteiger partial charge in [0.05, 0.1) is 5.02 Å². The number of urea groups is 1. The molecule has 2 atom stereocenters. The Labute approximate surface area is 188 Å². The lowest BCUT2D eigenvalue weighted by Crippen LogP contribution is -2.68. The van der Waals surface area contributed by atoms with E-state index in [0.717, 1.165) is 29.3 Å². The molecule has 3 rings (SSSR count). The van der Waals surface area contributed by atoms with E-state index in [1.165, 1.54) is 6.92 Å². The van der Waals surface area contributed by atoms with Gasteiger partial charge in [-0.15, -0.1) is 0 Å². The minimum atomic E-state index is -4.87. The summed E-state index contributed by atoms with van der Waals surface area (Å²) < 4.78 is 68.3. The second-order valence-electron chi connectivity index (χ2n) is 7.19. The van der Waals surface area contributed by atoms with Gasteiger partial charge in [-0.25, -0.2) is 13.6 Å². The number of hydrogen-bond acceptors (Lipinski definition) is 3. The number of carbonyl (C=O) groups excluding carboxylic acids is 2. The van der Waals surface area contributed by atoms with Crippen molar-refractivity contribution in [2.45, 2.75) is 24.6 Å². The molecule has 3 N–H and O–H groups in total. The molecule has 1 unspecified atom stereocenters. The smallest absolute Gasteiger partial charge is 0.352 e. The summed E-state index contributed by atoms with van der Waals surface area (Å²) in [6.45, 7) is 1.20. The number of nitrogens with zero attached hydrogens (tertiary/aromatic N) is 2. The van der Waals surface area contributed by atoms with Gasteiger partial charge >= 0.3 is 12.2 Å². The fraction of sp³-hybridized carbons (Fsp3) is 0.316. The number of nitrogens with one attached hydrogen (secondary N) is 1. The van der Waals surface area contributed by atoms with E-state index >= 15 is 4.39 Å². The molecular formula is C19H15Cl2F5N4O2. The topological polar surface area (TPSA) is 88.3 Å². The third kappa shape index (κ3) is 3.95. The average molecular weight is 497 g/mol. The number of nitrogens with two attached hydrogens (primary N) is 1. The number of piperazine rings is 1. The molecule has 0 radical (unpaired) electrons. The lowest BCUT2D eigenvalue weighted by atomic mass is 9.73. The molecule has 6 nitrogen and oxygen atoms in total. The normalized spacial score (nSPS) is 20.1. The van der Waals surface area contributed by atoms with Gasteiger partial charge in [-0.1, -0.05) is 29.3 Å². The van der Waals surface area contributed by atoms with Gasteiger partial charge in [0, 0.05) is 30.8 Å². The van der Waals surface area contributed by atoms with E-state index in [4.69, 9.17) is 28.9 Å². The molecule has 1 aliphatic rings. The Morgan fingerprint density at radius 3 is 2.53 bits per heavy atom. The van der Waals surface area contributed by atoms with Gasteiger partial charge in [-0.3, -0.25) is 9.78 Å². The summed E-state index contributed by atoms with van der Waals surface area (Å²) in [5.41, 5.74) is 1.56. The minimum absolute atomic E-state index is 0.0305. The number of hydrogen-bond donors (Lipinski definition) is 2. The molecule has 172 valence electrons. The highest BCUT2D eigenvalue weighted by atomic mass is 35.5. The van der Waals surface area contributed by atoms with Gasteiger partial charge in [0.15, 0.2) is 5.69 Å². The summed E-state index contributed by atoms with van der Waals surface area (Å²) in [6.07, 6.45) is -4.12. The monoisotopic (exact) mass is 496 g/mol. The Morgan fingerprint density at radius 1 is 1.31 bits per heavy atom. The van der Waals surface area contributed by atoms with Crippen LogP contribution < -0.4 is 11.1 Å². The molecule has 1 fully saturated rings. The molecule has 2 heterocycles. The van der Waals surface area contributed by atoms with E-state index in [0.29, 0.717) is 0 Å². The summed E-state index contributed by atoms with van der Waals surface area (Å²) in [4.78, 5) is 29.4. The summed E-state index contributed by atoms with van der Waals surface area (Å²) in [5.74, 6) is -4.64. The largest absolute Gasteiger partial charge is 0.434 e. The lowest BCUT2D eigenvalue weighted by molar-refractivity contribution is -0.141. The second kappa shape index (κ2) is 8.36. The van der Waals surface area contributed by atoms with Crippen molar-refractivity contribution < 1.29 is 31.5 Å². The second-order valence-corrected chi connectivity index (χ2v) is 7.97. The Balaban J connectivity index is 2.33. The molecule has 1 aromatic heterocycles. The third-order valence-corrected chi connectivity index (χ3v) is 5.94. The predicted molar refractivity (Wildman–Crippen MR) is 105 cm³/mol. The minimum Gasteiger partial charge on any atom is -0.352 e. The van der Waals surface area contributed by atoms with Gasteiger partial charge in [-0.2, -0.15) is 13.2 Å². The van der Waals surface area contributed by atoms with Crippen LogP contribution in [0, 0.1) is 11.6 Å². The fourth-order valence-electron chi connectivity index (χ4n) is 3.83. The molecule has 0 saturated carbocycles. The van der Waals surface area contributed by atoms with Gasteiger partial charge in [0.2, 0.25) is 5.91 Å². The lowest BCUT2D eigenvalue weighted by Gasteiger charge is -2.47. The maximum absolute atomic E-state index is 15.1. The molecule has 1 aliphatic heterocycles. The van der Waals surface area contributed by atoms with Crippen LogP contribution in [0.25, 0.3) is 0 Å². The number of rotatable bonds is 3. The predicted octanol–water partition coefficient (Wildman–Crippen LogP) is 4.09. The van der Waals surface area contributed by atoms with Gasteiger partial charge in [-0.05, 0) is 24.6 Å². The van der Waals surface area contributed by atoms with E-state index in [2.05, 4.69) is 10.3 Å². The molecule has 0 aliphatic carbocycles. The molecule has 1 aromatic carbocycles. The summed E-state index contributed by atoms with van der Waals surface area (Å²) >= 11 is 11.5. The highest BCUT2D eigenvalue weighted by molar-refractivity contribution is 6.31. The van der Waals surface area contributed by atoms with Gasteiger partial charge in [0.25, 0.3) is 0 Å². The van der Waals surface area contributed by atoms with Crippen LogP contribution in [0.2, 0.25) is 10.0 Å². The summed E-state index contributed by atoms with van der Waals surface area (Å²) in [7, 11) is 0. The number of alkyl halides is 3. The van der Waals surface area contributed by atoms with Crippen molar-refractivity contribution in [1.29, 1.82) is 0 Å². The zero-order chi connectivity index (χ0) is 24.0. The molecule has 1 saturated heterocycles. The fourth-order valence-corrected chi connectivity index (χ4v) is 4.28. The van der Waals surface area contributed by atoms with E-state index in [1.54, 1.807) is 0 Å². The van der Waals surface area contributed by atoms with Crippen molar-refractivity contribution in [1.82, 2.24) is 15.2 Å². The van der Waals surface area contributed by atoms with Crippen molar-refractivity contribution in [2.24, 2.45) is 5.73 Å². The van der Waals surface area contributed by atoms with Crippen molar-refractivity contribution in [2.75, 3.05) is 13.1 Å². The third-order valence-electron chi connectivity index (χ3n) is 5.31. The highest BCUT2D eigenvalue weighted by Gasteiger charge is 2.52. The number of primary amides is 1. The number of amides is 3. The Kier molecular flexibility index (Phi) is 6.27. The van der Waals surface area contributed by atoms with Crippen LogP contribution >= 0.6 is 23.2 Å². The van der Waals surface area contributed by atoms with Crippen molar-refractivity contribution in [3.63, 3.8) is 0 Å². The standard InChI is InChI=1S/C19H15Cl2F5N4O2/c1-18(16(31)28-4-5-30(18)17(27)32)12(9-2-3-11(22)13(21)14(9)23)8-6-10(20)15(29-7-8)19(24,25)26/h2-3,6-7,12H,4-5H2,1H3,(H2,27,32)(H,28,31)/t12-,18?/m1/s1. The average Bonchev–Trinajstić information content (AvgIpc) is 2.69. The van der Waals surface area contributed by atoms with E-state index in [-0.39, 0.29) is 24.2 Å². The Bertz CT molecular complexity index is 1100. The maximum Gasteiger partial charge on any atom is 0.434 e. The van der Waals surface area contributed by atoms with Crippen LogP contribution in [0.1, 0.15) is 29.7 Å².